The zero-order chi connectivity index (χ0) is 29.3. The van der Waals surface area contributed by atoms with Crippen LogP contribution in [0.1, 0.15) is 66.7 Å². The van der Waals surface area contributed by atoms with E-state index in [0.717, 1.165) is 19.3 Å². The lowest BCUT2D eigenvalue weighted by Gasteiger charge is -2.29. The van der Waals surface area contributed by atoms with Gasteiger partial charge in [-0.2, -0.15) is 0 Å². The second kappa shape index (κ2) is 14.2. The fourth-order valence-corrected chi connectivity index (χ4v) is 4.72. The molecule has 0 aromatic carbocycles. The fourth-order valence-electron chi connectivity index (χ4n) is 4.72. The molecule has 3 rings (SSSR count). The lowest BCUT2D eigenvalue weighted by Crippen LogP contribution is -2.46. The van der Waals surface area contributed by atoms with E-state index in [1.54, 1.807) is 20.8 Å². The molecule has 2 aliphatic rings. The van der Waals surface area contributed by atoms with Gasteiger partial charge in [-0.25, -0.2) is 4.79 Å². The molecular formula is C26H42N6O8. The van der Waals surface area contributed by atoms with Gasteiger partial charge < -0.3 is 33.6 Å². The fraction of sp³-hybridized carbons (Fsp3) is 0.808. The van der Waals surface area contributed by atoms with Crippen molar-refractivity contribution < 1.29 is 28.5 Å². The molecule has 0 unspecified atom stereocenters. The Balaban J connectivity index is 1.56. The molecule has 3 heterocycles. The highest BCUT2D eigenvalue weighted by molar-refractivity contribution is 5.76. The third kappa shape index (κ3) is 8.63. The summed E-state index contributed by atoms with van der Waals surface area (Å²) in [5.74, 6) is -1.22. The summed E-state index contributed by atoms with van der Waals surface area (Å²) in [5.41, 5.74) is 7.25. The molecule has 2 saturated heterocycles. The monoisotopic (exact) mass is 566 g/mol. The lowest BCUT2D eigenvalue weighted by molar-refractivity contribution is -0.248. The average Bonchev–Trinajstić information content (AvgIpc) is 3.43. The molecule has 0 saturated carbocycles. The number of unbranched alkanes of at least 4 members (excludes halogenated alkanes) is 2. The number of hydrogen-bond acceptors (Lipinski definition) is 10. The molecule has 0 radical (unpaired) electrons. The zero-order valence-electron chi connectivity index (χ0n) is 24.0. The first-order chi connectivity index (χ1) is 19.0. The number of hydrogen-bond donors (Lipinski definition) is 2. The van der Waals surface area contributed by atoms with Crippen LogP contribution < -0.4 is 16.6 Å². The molecule has 1 aromatic heterocycles. The number of H-pyrrole nitrogens is 1. The van der Waals surface area contributed by atoms with Crippen molar-refractivity contribution in [3.05, 3.63) is 43.5 Å². The Morgan fingerprint density at radius 2 is 1.95 bits per heavy atom. The largest absolute Gasteiger partial charge is 0.459 e. The average molecular weight is 567 g/mol. The molecule has 1 aromatic rings. The van der Waals surface area contributed by atoms with Gasteiger partial charge in [0.05, 0.1) is 19.3 Å². The van der Waals surface area contributed by atoms with Crippen molar-refractivity contribution in [2.75, 3.05) is 19.7 Å². The summed E-state index contributed by atoms with van der Waals surface area (Å²) in [4.78, 5) is 41.1. The Morgan fingerprint density at radius 3 is 2.60 bits per heavy atom. The maximum absolute atomic E-state index is 13.0. The number of nitrogens with one attached hydrogen (secondary N) is 2. The Morgan fingerprint density at radius 1 is 1.23 bits per heavy atom. The van der Waals surface area contributed by atoms with E-state index in [1.807, 2.05) is 13.8 Å². The minimum atomic E-state index is -0.814. The van der Waals surface area contributed by atoms with Crippen LogP contribution in [0, 0.1) is 0 Å². The van der Waals surface area contributed by atoms with Crippen LogP contribution in [0.25, 0.3) is 10.4 Å². The molecule has 0 bridgehead atoms. The number of aromatic amines is 1. The molecule has 5 atom stereocenters. The van der Waals surface area contributed by atoms with Gasteiger partial charge in [-0.15, -0.1) is 0 Å². The van der Waals surface area contributed by atoms with Crippen molar-refractivity contribution >= 4 is 5.97 Å². The van der Waals surface area contributed by atoms with Crippen molar-refractivity contribution in [3.8, 4) is 0 Å². The smallest absolute Gasteiger partial charge is 0.328 e. The molecular weight excluding hydrogens is 524 g/mol. The van der Waals surface area contributed by atoms with Crippen LogP contribution in [-0.4, -0.2) is 77.2 Å². The molecule has 0 amide bonds. The summed E-state index contributed by atoms with van der Waals surface area (Å²) in [6.45, 7) is 10.4. The van der Waals surface area contributed by atoms with E-state index in [2.05, 4.69) is 20.3 Å². The van der Waals surface area contributed by atoms with Crippen LogP contribution in [0.5, 0.6) is 0 Å². The highest BCUT2D eigenvalue weighted by atomic mass is 16.8. The van der Waals surface area contributed by atoms with Crippen molar-refractivity contribution in [1.29, 1.82) is 0 Å². The second-order valence-corrected chi connectivity index (χ2v) is 11.0. The molecule has 2 N–H and O–H groups in total. The summed E-state index contributed by atoms with van der Waals surface area (Å²) >= 11 is 0. The van der Waals surface area contributed by atoms with E-state index < -0.39 is 59.3 Å². The Hall–Kier alpha value is -2.74. The number of azide groups is 1. The first kappa shape index (κ1) is 31.8. The highest BCUT2D eigenvalue weighted by Gasteiger charge is 2.57. The number of carbonyl (C=O) groups excluding carboxylic acids is 1. The Bertz CT molecular complexity index is 1140. The molecule has 14 nitrogen and oxygen atoms in total. The van der Waals surface area contributed by atoms with E-state index >= 15 is 0 Å². The number of fused-ring (bicyclic) bond motifs is 1. The first-order valence-corrected chi connectivity index (χ1v) is 13.9. The van der Waals surface area contributed by atoms with Crippen molar-refractivity contribution in [3.63, 3.8) is 0 Å². The Kier molecular flexibility index (Phi) is 11.3. The number of esters is 1. The summed E-state index contributed by atoms with van der Waals surface area (Å²) < 4.78 is 31.6. The van der Waals surface area contributed by atoms with Crippen molar-refractivity contribution in [2.24, 2.45) is 5.11 Å². The number of carbonyl (C=O) groups is 1. The second-order valence-electron chi connectivity index (χ2n) is 11.0. The van der Waals surface area contributed by atoms with Crippen LogP contribution in [0.2, 0.25) is 0 Å². The van der Waals surface area contributed by atoms with Gasteiger partial charge >= 0.3 is 11.7 Å². The molecule has 2 fully saturated rings. The van der Waals surface area contributed by atoms with Crippen LogP contribution in [0.15, 0.2) is 27.0 Å². The number of aromatic nitrogens is 2. The number of aryl methyl sites for hydroxylation is 1. The zero-order valence-corrected chi connectivity index (χ0v) is 24.0. The third-order valence-corrected chi connectivity index (χ3v) is 6.85. The van der Waals surface area contributed by atoms with Crippen molar-refractivity contribution in [2.45, 2.75) is 115 Å². The number of rotatable bonds is 15. The highest BCUT2D eigenvalue weighted by Crippen LogP contribution is 2.42. The Labute approximate surface area is 233 Å². The molecule has 14 heteroatoms. The molecule has 0 spiro atoms. The number of nitrogens with zero attached hydrogens (tertiary/aromatic N) is 4. The maximum Gasteiger partial charge on any atom is 0.328 e. The van der Waals surface area contributed by atoms with Gasteiger partial charge in [0, 0.05) is 23.7 Å². The minimum Gasteiger partial charge on any atom is -0.459 e. The van der Waals surface area contributed by atoms with Gasteiger partial charge in [-0.3, -0.25) is 14.6 Å². The summed E-state index contributed by atoms with van der Waals surface area (Å²) in [6.07, 6.45) is 2.66. The summed E-state index contributed by atoms with van der Waals surface area (Å²) in [7, 11) is 0. The predicted octanol–water partition coefficient (Wildman–Crippen LogP) is 2.36. The molecule has 2 aliphatic heterocycles. The van der Waals surface area contributed by atoms with E-state index in [1.165, 1.54) is 16.8 Å². The third-order valence-electron chi connectivity index (χ3n) is 6.85. The van der Waals surface area contributed by atoms with Gasteiger partial charge in [0.2, 0.25) is 0 Å². The van der Waals surface area contributed by atoms with Gasteiger partial charge in [0.15, 0.2) is 12.1 Å². The number of ether oxygens (including phenoxy) is 5. The van der Waals surface area contributed by atoms with E-state index in [9.17, 15) is 14.4 Å². The standard InChI is InChI=1S/C26H42N6O8/c1-6-26(7-2)38-20-18(15-29-31-27)37-23(21(20)39-26)36-16-17(22(34)40-25(3,4)5)28-12-9-8-10-13-32-14-11-19(33)30-24(32)35/h11,14,17-18,20-21,23,28H,6-10,12-13,15-16H2,1-5H3,(H,30,33,35)/t17-,18+,20+,21+,23+/m0/s1. The van der Waals surface area contributed by atoms with Gasteiger partial charge in [0.25, 0.3) is 5.56 Å². The van der Waals surface area contributed by atoms with E-state index in [0.29, 0.717) is 25.9 Å². The van der Waals surface area contributed by atoms with Crippen LogP contribution >= 0.6 is 0 Å². The SMILES string of the molecule is CCC1(CC)O[C@H]2[C@H](OC[C@H](NCCCCCn3ccc(=O)[nH]c3=O)C(=O)OC(C)(C)C)O[C@H](CN=[N+]=[N-])[C@H]2O1. The molecule has 224 valence electrons. The van der Waals surface area contributed by atoms with Crippen LogP contribution in [0.4, 0.5) is 0 Å². The topological polar surface area (TPSA) is 179 Å². The normalized spacial score (nSPS) is 24.3. The quantitative estimate of drug-likeness (QED) is 0.106. The maximum atomic E-state index is 13.0. The van der Waals surface area contributed by atoms with Crippen LogP contribution in [-0.2, 0) is 35.0 Å². The lowest BCUT2D eigenvalue weighted by atomic mass is 10.1. The van der Waals surface area contributed by atoms with Crippen molar-refractivity contribution in [1.82, 2.24) is 14.9 Å². The molecule has 40 heavy (non-hydrogen) atoms. The van der Waals surface area contributed by atoms with Gasteiger partial charge in [0.1, 0.15) is 23.9 Å². The van der Waals surface area contributed by atoms with Gasteiger partial charge in [-0.1, -0.05) is 25.4 Å². The molecule has 0 aliphatic carbocycles. The summed E-state index contributed by atoms with van der Waals surface area (Å²) in [6, 6.07) is 0.556. The van der Waals surface area contributed by atoms with E-state index in [4.69, 9.17) is 29.2 Å². The predicted molar refractivity (Wildman–Crippen MR) is 144 cm³/mol. The first-order valence-electron chi connectivity index (χ1n) is 13.9. The van der Waals surface area contributed by atoms with Crippen LogP contribution in [0.3, 0.4) is 0 Å². The minimum absolute atomic E-state index is 0.0293. The van der Waals surface area contributed by atoms with Gasteiger partial charge in [-0.05, 0) is 58.5 Å². The van der Waals surface area contributed by atoms with E-state index in [-0.39, 0.29) is 13.2 Å². The summed E-state index contributed by atoms with van der Waals surface area (Å²) in [5, 5.41) is 6.87.